The van der Waals surface area contributed by atoms with Gasteiger partial charge in [0.05, 0.1) is 13.1 Å². The predicted octanol–water partition coefficient (Wildman–Crippen LogP) is 2.86. The molecular formula is C17H23N5O2S2. The molecule has 0 atom stereocenters. The summed E-state index contributed by atoms with van der Waals surface area (Å²) in [4.78, 5) is 30.0. The van der Waals surface area contributed by atoms with Crippen molar-refractivity contribution in [2.75, 3.05) is 36.5 Å². The van der Waals surface area contributed by atoms with Crippen LogP contribution in [0.1, 0.15) is 18.9 Å². The second kappa shape index (κ2) is 10.2. The summed E-state index contributed by atoms with van der Waals surface area (Å²) >= 11 is 2.73. The zero-order chi connectivity index (χ0) is 18.9. The molecule has 2 aromatic rings. The minimum absolute atomic E-state index is 0.0956. The maximum Gasteiger partial charge on any atom is 0.240 e. The summed E-state index contributed by atoms with van der Waals surface area (Å²) in [7, 11) is 1.72. The molecule has 0 unspecified atom stereocenters. The third kappa shape index (κ3) is 7.11. The fourth-order valence-electron chi connectivity index (χ4n) is 2.06. The normalized spacial score (nSPS) is 10.8. The van der Waals surface area contributed by atoms with Gasteiger partial charge >= 0.3 is 0 Å². The number of carbonyl (C=O) groups excluding carboxylic acids is 2. The molecule has 26 heavy (non-hydrogen) atoms. The molecular weight excluding hydrogens is 370 g/mol. The molecule has 0 fully saturated rings. The van der Waals surface area contributed by atoms with Crippen LogP contribution in [0.4, 0.5) is 10.8 Å². The van der Waals surface area contributed by atoms with Crippen LogP contribution in [-0.2, 0) is 9.59 Å². The molecule has 2 rings (SSSR count). The van der Waals surface area contributed by atoms with E-state index in [9.17, 15) is 9.59 Å². The highest BCUT2D eigenvalue weighted by Gasteiger charge is 2.13. The van der Waals surface area contributed by atoms with Crippen LogP contribution >= 0.6 is 23.3 Å². The number of nitrogens with zero attached hydrogens (tertiary/aromatic N) is 3. The van der Waals surface area contributed by atoms with Crippen molar-refractivity contribution in [2.45, 2.75) is 25.4 Å². The quantitative estimate of drug-likeness (QED) is 0.637. The number of thioether (sulfide) groups is 1. The van der Waals surface area contributed by atoms with Crippen molar-refractivity contribution in [3.8, 4) is 0 Å². The third-order valence-corrected chi connectivity index (χ3v) is 5.05. The number of likely N-dealkylation sites (N-methyl/N-ethyl adjacent to an activating group) is 1. The Bertz CT molecular complexity index is 733. The molecule has 0 radical (unpaired) electrons. The van der Waals surface area contributed by atoms with E-state index in [1.54, 1.807) is 23.7 Å². The van der Waals surface area contributed by atoms with E-state index >= 15 is 0 Å². The Morgan fingerprint density at radius 2 is 1.81 bits per heavy atom. The van der Waals surface area contributed by atoms with Gasteiger partial charge in [-0.2, -0.15) is 9.36 Å². The summed E-state index contributed by atoms with van der Waals surface area (Å²) in [5.41, 5.74) is 1.87. The number of anilines is 2. The maximum absolute atomic E-state index is 12.1. The van der Waals surface area contributed by atoms with Crippen LogP contribution in [0.5, 0.6) is 0 Å². The minimum Gasteiger partial charge on any atom is -0.325 e. The first-order chi connectivity index (χ1) is 12.5. The Morgan fingerprint density at radius 1 is 1.15 bits per heavy atom. The van der Waals surface area contributed by atoms with E-state index in [-0.39, 0.29) is 24.9 Å². The predicted molar refractivity (Wildman–Crippen MR) is 107 cm³/mol. The summed E-state index contributed by atoms with van der Waals surface area (Å²) in [6, 6.07) is 7.57. The lowest BCUT2D eigenvalue weighted by atomic mass is 10.2. The number of hydrogen-bond acceptors (Lipinski definition) is 7. The maximum atomic E-state index is 12.1. The summed E-state index contributed by atoms with van der Waals surface area (Å²) in [5.74, 6) is 0.556. The molecule has 1 heterocycles. The first-order valence-corrected chi connectivity index (χ1v) is 10.0. The lowest BCUT2D eigenvalue weighted by Gasteiger charge is -2.15. The minimum atomic E-state index is -0.223. The number of hydrogen-bond donors (Lipinski definition) is 2. The van der Waals surface area contributed by atoms with Crippen molar-refractivity contribution < 1.29 is 9.59 Å². The van der Waals surface area contributed by atoms with E-state index in [1.807, 2.05) is 31.2 Å². The standard InChI is InChI=1S/C17H23N5O2S2/c1-4-9-25-17-20-16(26-21-17)19-15(24)11-22(3)10-14(23)18-13-7-5-12(2)6-8-13/h5-8H,4,9-11H2,1-3H3,(H,18,23)(H,19,20,21,24). The Hall–Kier alpha value is -1.97. The third-order valence-electron chi connectivity index (χ3n) is 3.25. The van der Waals surface area contributed by atoms with E-state index in [0.717, 1.165) is 35.0 Å². The van der Waals surface area contributed by atoms with Gasteiger partial charge in [0.2, 0.25) is 22.1 Å². The first kappa shape index (κ1) is 20.3. The molecule has 2 amide bonds. The van der Waals surface area contributed by atoms with E-state index in [4.69, 9.17) is 0 Å². The summed E-state index contributed by atoms with van der Waals surface area (Å²) in [6.45, 7) is 4.29. The fraction of sp³-hybridized carbons (Fsp3) is 0.412. The highest BCUT2D eigenvalue weighted by molar-refractivity contribution is 7.99. The van der Waals surface area contributed by atoms with Crippen molar-refractivity contribution in [3.05, 3.63) is 29.8 Å². The molecule has 0 saturated heterocycles. The Kier molecular flexibility index (Phi) is 8.02. The number of benzene rings is 1. The van der Waals surface area contributed by atoms with Gasteiger partial charge in [0.15, 0.2) is 0 Å². The first-order valence-electron chi connectivity index (χ1n) is 8.27. The lowest BCUT2D eigenvalue weighted by Crippen LogP contribution is -2.36. The zero-order valence-electron chi connectivity index (χ0n) is 15.1. The molecule has 0 aliphatic heterocycles. The van der Waals surface area contributed by atoms with Crippen LogP contribution in [-0.4, -0.2) is 52.0 Å². The van der Waals surface area contributed by atoms with Gasteiger partial charge < -0.3 is 5.32 Å². The molecule has 0 aliphatic rings. The van der Waals surface area contributed by atoms with Crippen LogP contribution in [0, 0.1) is 6.92 Å². The molecule has 0 aliphatic carbocycles. The molecule has 0 saturated carbocycles. The van der Waals surface area contributed by atoms with Gasteiger partial charge in [-0.3, -0.25) is 19.8 Å². The van der Waals surface area contributed by atoms with Gasteiger partial charge in [0.1, 0.15) is 0 Å². The van der Waals surface area contributed by atoms with Crippen molar-refractivity contribution in [1.82, 2.24) is 14.3 Å². The average Bonchev–Trinajstić information content (AvgIpc) is 3.01. The Labute approximate surface area is 161 Å². The number of amides is 2. The average molecular weight is 394 g/mol. The van der Waals surface area contributed by atoms with Gasteiger partial charge in [0.25, 0.3) is 0 Å². The van der Waals surface area contributed by atoms with E-state index < -0.39 is 0 Å². The molecule has 9 heteroatoms. The molecule has 0 spiro atoms. The zero-order valence-corrected chi connectivity index (χ0v) is 16.7. The summed E-state index contributed by atoms with van der Waals surface area (Å²) < 4.78 is 4.19. The van der Waals surface area contributed by atoms with Crippen molar-refractivity contribution in [1.29, 1.82) is 0 Å². The summed E-state index contributed by atoms with van der Waals surface area (Å²) in [5, 5.41) is 6.69. The van der Waals surface area contributed by atoms with E-state index in [0.29, 0.717) is 10.3 Å². The molecule has 0 bridgehead atoms. The largest absolute Gasteiger partial charge is 0.325 e. The van der Waals surface area contributed by atoms with Crippen molar-refractivity contribution >= 4 is 45.9 Å². The Morgan fingerprint density at radius 3 is 2.46 bits per heavy atom. The molecule has 2 N–H and O–H groups in total. The van der Waals surface area contributed by atoms with Gasteiger partial charge in [-0.1, -0.05) is 36.4 Å². The monoisotopic (exact) mass is 393 g/mol. The number of aromatic nitrogens is 2. The summed E-state index contributed by atoms with van der Waals surface area (Å²) in [6.07, 6.45) is 1.04. The van der Waals surface area contributed by atoms with Crippen molar-refractivity contribution in [3.63, 3.8) is 0 Å². The highest BCUT2D eigenvalue weighted by Crippen LogP contribution is 2.20. The van der Waals surface area contributed by atoms with Crippen LogP contribution in [0.2, 0.25) is 0 Å². The topological polar surface area (TPSA) is 87.2 Å². The van der Waals surface area contributed by atoms with E-state index in [2.05, 4.69) is 26.9 Å². The number of aryl methyl sites for hydroxylation is 1. The molecule has 140 valence electrons. The second-order valence-corrected chi connectivity index (χ2v) is 7.68. The van der Waals surface area contributed by atoms with Gasteiger partial charge in [-0.15, -0.1) is 0 Å². The van der Waals surface area contributed by atoms with Crippen LogP contribution in [0.3, 0.4) is 0 Å². The second-order valence-electron chi connectivity index (χ2n) is 5.87. The van der Waals surface area contributed by atoms with Gasteiger partial charge in [0, 0.05) is 23.0 Å². The van der Waals surface area contributed by atoms with Gasteiger partial charge in [-0.25, -0.2) is 0 Å². The van der Waals surface area contributed by atoms with Crippen LogP contribution < -0.4 is 10.6 Å². The molecule has 7 nitrogen and oxygen atoms in total. The smallest absolute Gasteiger partial charge is 0.240 e. The lowest BCUT2D eigenvalue weighted by molar-refractivity contribution is -0.119. The van der Waals surface area contributed by atoms with E-state index in [1.165, 1.54) is 0 Å². The Balaban J connectivity index is 1.74. The van der Waals surface area contributed by atoms with Crippen molar-refractivity contribution in [2.24, 2.45) is 0 Å². The van der Waals surface area contributed by atoms with Crippen LogP contribution in [0.25, 0.3) is 0 Å². The fourth-order valence-corrected chi connectivity index (χ4v) is 3.47. The number of carbonyl (C=O) groups is 2. The molecule has 1 aromatic heterocycles. The molecule has 1 aromatic carbocycles. The van der Waals surface area contributed by atoms with Gasteiger partial charge in [-0.05, 0) is 32.5 Å². The van der Waals surface area contributed by atoms with Crippen LogP contribution in [0.15, 0.2) is 29.4 Å². The highest BCUT2D eigenvalue weighted by atomic mass is 32.2. The number of nitrogens with one attached hydrogen (secondary N) is 2. The number of rotatable bonds is 9. The SMILES string of the molecule is CCCSc1nsc(NC(=O)CN(C)CC(=O)Nc2ccc(C)cc2)n1.